The predicted octanol–water partition coefficient (Wildman–Crippen LogP) is 2.96. The highest BCUT2D eigenvalue weighted by Gasteiger charge is 2.43. The summed E-state index contributed by atoms with van der Waals surface area (Å²) in [6.07, 6.45) is -0.538. The number of halogens is 1. The maximum absolute atomic E-state index is 13.4. The van der Waals surface area contributed by atoms with Crippen LogP contribution >= 0.6 is 11.6 Å². The molecule has 0 bridgehead atoms. The normalized spacial score (nSPS) is 19.9. The summed E-state index contributed by atoms with van der Waals surface area (Å²) in [7, 11) is 0. The molecule has 0 spiro atoms. The molecule has 3 atom stereocenters. The van der Waals surface area contributed by atoms with Crippen LogP contribution in [0.2, 0.25) is 5.02 Å². The molecule has 8 heteroatoms. The number of aromatic nitrogens is 1. The summed E-state index contributed by atoms with van der Waals surface area (Å²) in [5, 5.41) is 17.6. The first-order chi connectivity index (χ1) is 14.2. The van der Waals surface area contributed by atoms with Crippen LogP contribution in [0.3, 0.4) is 0 Å². The van der Waals surface area contributed by atoms with Crippen LogP contribution in [0.1, 0.15) is 48.8 Å². The van der Waals surface area contributed by atoms with E-state index in [1.807, 2.05) is 32.9 Å². The Morgan fingerprint density at radius 1 is 1.33 bits per heavy atom. The number of hydrogen-bond donors (Lipinski definition) is 2. The van der Waals surface area contributed by atoms with Gasteiger partial charge in [-0.3, -0.25) is 9.59 Å². The van der Waals surface area contributed by atoms with Crippen molar-refractivity contribution in [3.05, 3.63) is 51.9 Å². The van der Waals surface area contributed by atoms with E-state index in [1.54, 1.807) is 19.1 Å². The van der Waals surface area contributed by atoms with Gasteiger partial charge in [-0.1, -0.05) is 36.7 Å². The molecule has 3 unspecified atom stereocenters. The smallest absolute Gasteiger partial charge is 0.243 e. The number of amides is 2. The van der Waals surface area contributed by atoms with Crippen LogP contribution in [-0.4, -0.2) is 45.7 Å². The molecule has 1 fully saturated rings. The van der Waals surface area contributed by atoms with Crippen molar-refractivity contribution in [2.75, 3.05) is 6.54 Å². The number of likely N-dealkylation sites (tertiary alicyclic amines) is 1. The van der Waals surface area contributed by atoms with Crippen molar-refractivity contribution in [1.82, 2.24) is 15.4 Å². The number of nitrogens with one attached hydrogen (secondary N) is 1. The van der Waals surface area contributed by atoms with E-state index in [2.05, 4.69) is 10.5 Å². The summed E-state index contributed by atoms with van der Waals surface area (Å²) in [6.45, 7) is 8.01. The van der Waals surface area contributed by atoms with Gasteiger partial charge in [0.1, 0.15) is 17.7 Å². The molecule has 0 aliphatic carbocycles. The number of hydrogen-bond acceptors (Lipinski definition) is 5. The highest BCUT2D eigenvalue weighted by atomic mass is 35.5. The predicted molar refractivity (Wildman–Crippen MR) is 113 cm³/mol. The highest BCUT2D eigenvalue weighted by molar-refractivity contribution is 6.30. The molecule has 2 amide bonds. The maximum atomic E-state index is 13.4. The fraction of sp³-hybridized carbons (Fsp3) is 0.500. The van der Waals surface area contributed by atoms with Crippen LogP contribution in [-0.2, 0) is 16.1 Å². The van der Waals surface area contributed by atoms with Crippen molar-refractivity contribution in [1.29, 1.82) is 0 Å². The van der Waals surface area contributed by atoms with Crippen LogP contribution in [0.5, 0.6) is 0 Å². The Bertz CT molecular complexity index is 927. The van der Waals surface area contributed by atoms with E-state index in [1.165, 1.54) is 4.90 Å². The van der Waals surface area contributed by atoms with Gasteiger partial charge in [0.15, 0.2) is 0 Å². The second-order valence-corrected chi connectivity index (χ2v) is 8.71. The Labute approximate surface area is 181 Å². The molecule has 2 aromatic rings. The molecular formula is C22H28ClN3O4. The van der Waals surface area contributed by atoms with Crippen molar-refractivity contribution >= 4 is 23.4 Å². The number of β-amino-alcohol motifs (C(OH)–C–C–N with tert-alkyl or cyclic N) is 1. The molecule has 1 aromatic heterocycles. The molecule has 1 aromatic carbocycles. The van der Waals surface area contributed by atoms with Crippen LogP contribution < -0.4 is 5.32 Å². The number of carbonyl (C=O) groups excluding carboxylic acids is 2. The highest BCUT2D eigenvalue weighted by Crippen LogP contribution is 2.31. The van der Waals surface area contributed by atoms with Crippen molar-refractivity contribution in [3.8, 4) is 0 Å². The third-order valence-electron chi connectivity index (χ3n) is 5.51. The number of aliphatic hydroxyl groups excluding tert-OH is 1. The van der Waals surface area contributed by atoms with Crippen LogP contribution in [0, 0.1) is 19.8 Å². The average Bonchev–Trinajstić information content (AvgIpc) is 3.26. The van der Waals surface area contributed by atoms with Gasteiger partial charge in [0, 0.05) is 30.6 Å². The summed E-state index contributed by atoms with van der Waals surface area (Å²) in [4.78, 5) is 27.7. The quantitative estimate of drug-likeness (QED) is 0.730. The van der Waals surface area contributed by atoms with E-state index in [0.29, 0.717) is 23.0 Å². The molecular weight excluding hydrogens is 406 g/mol. The molecule has 0 radical (unpaired) electrons. The van der Waals surface area contributed by atoms with Crippen LogP contribution in [0.15, 0.2) is 28.8 Å². The van der Waals surface area contributed by atoms with Gasteiger partial charge in [0.25, 0.3) is 0 Å². The second-order valence-electron chi connectivity index (χ2n) is 8.28. The summed E-state index contributed by atoms with van der Waals surface area (Å²) >= 11 is 5.99. The summed E-state index contributed by atoms with van der Waals surface area (Å²) in [5.74, 6) is -0.663. The van der Waals surface area contributed by atoms with Gasteiger partial charge in [-0.2, -0.15) is 0 Å². The minimum absolute atomic E-state index is 0.0528. The Morgan fingerprint density at radius 3 is 2.67 bits per heavy atom. The summed E-state index contributed by atoms with van der Waals surface area (Å²) < 4.78 is 5.35. The number of aliphatic hydroxyl groups is 1. The topological polar surface area (TPSA) is 95.7 Å². The Hall–Kier alpha value is -2.38. The largest absolute Gasteiger partial charge is 0.391 e. The monoisotopic (exact) mass is 433 g/mol. The average molecular weight is 434 g/mol. The minimum atomic E-state index is -0.744. The van der Waals surface area contributed by atoms with Gasteiger partial charge in [0.2, 0.25) is 11.8 Å². The molecule has 7 nitrogen and oxygen atoms in total. The molecule has 162 valence electrons. The van der Waals surface area contributed by atoms with Gasteiger partial charge < -0.3 is 19.8 Å². The first-order valence-electron chi connectivity index (χ1n) is 10.1. The fourth-order valence-corrected chi connectivity index (χ4v) is 4.13. The lowest BCUT2D eigenvalue weighted by Gasteiger charge is -2.28. The molecule has 3 rings (SSSR count). The van der Waals surface area contributed by atoms with Crippen LogP contribution in [0.25, 0.3) is 0 Å². The van der Waals surface area contributed by atoms with E-state index in [-0.39, 0.29) is 30.7 Å². The van der Waals surface area contributed by atoms with Crippen molar-refractivity contribution in [2.24, 2.45) is 5.92 Å². The van der Waals surface area contributed by atoms with Gasteiger partial charge >= 0.3 is 0 Å². The number of carbonyl (C=O) groups is 2. The Balaban J connectivity index is 1.75. The van der Waals surface area contributed by atoms with E-state index < -0.39 is 18.1 Å². The van der Waals surface area contributed by atoms with E-state index in [9.17, 15) is 14.7 Å². The van der Waals surface area contributed by atoms with E-state index in [0.717, 1.165) is 11.1 Å². The molecule has 30 heavy (non-hydrogen) atoms. The lowest BCUT2D eigenvalue weighted by Crippen LogP contribution is -2.48. The van der Waals surface area contributed by atoms with Gasteiger partial charge in [-0.05, 0) is 43.0 Å². The molecule has 2 heterocycles. The molecule has 1 aliphatic rings. The second kappa shape index (κ2) is 9.18. The third kappa shape index (κ3) is 4.84. The van der Waals surface area contributed by atoms with Crippen molar-refractivity contribution in [2.45, 2.75) is 58.7 Å². The van der Waals surface area contributed by atoms with Gasteiger partial charge in [-0.15, -0.1) is 0 Å². The molecule has 0 saturated carbocycles. The Morgan fingerprint density at radius 2 is 2.07 bits per heavy atom. The maximum Gasteiger partial charge on any atom is 0.243 e. The lowest BCUT2D eigenvalue weighted by atomic mass is 9.91. The minimum Gasteiger partial charge on any atom is -0.391 e. The standard InChI is InChI=1S/C22H28ClN3O4/c1-12(2)20(19-8-14(4)25-30-19)22(29)26-11-17(27)9-18(26)21(28)24-10-15-5-6-16(23)7-13(15)3/h5-8,12,17-18,20,27H,9-11H2,1-4H3,(H,24,28). The number of nitrogens with zero attached hydrogens (tertiary/aromatic N) is 2. The lowest BCUT2D eigenvalue weighted by molar-refractivity contribution is -0.141. The zero-order chi connectivity index (χ0) is 22.0. The van der Waals surface area contributed by atoms with E-state index in [4.69, 9.17) is 16.1 Å². The Kier molecular flexibility index (Phi) is 6.83. The fourth-order valence-electron chi connectivity index (χ4n) is 3.91. The zero-order valence-corrected chi connectivity index (χ0v) is 18.4. The molecule has 1 saturated heterocycles. The molecule has 2 N–H and O–H groups in total. The number of aryl methyl sites for hydroxylation is 2. The van der Waals surface area contributed by atoms with Crippen molar-refractivity contribution < 1.29 is 19.2 Å². The van der Waals surface area contributed by atoms with Crippen LogP contribution in [0.4, 0.5) is 0 Å². The van der Waals surface area contributed by atoms with E-state index >= 15 is 0 Å². The first-order valence-corrected chi connectivity index (χ1v) is 10.5. The number of benzene rings is 1. The van der Waals surface area contributed by atoms with Gasteiger partial charge in [0.05, 0.1) is 11.8 Å². The third-order valence-corrected chi connectivity index (χ3v) is 5.74. The zero-order valence-electron chi connectivity index (χ0n) is 17.7. The van der Waals surface area contributed by atoms with Gasteiger partial charge in [-0.25, -0.2) is 0 Å². The molecule has 1 aliphatic heterocycles. The SMILES string of the molecule is Cc1cc(C(C(=O)N2CC(O)CC2C(=O)NCc2ccc(Cl)cc2C)C(C)C)on1. The summed E-state index contributed by atoms with van der Waals surface area (Å²) in [6, 6.07) is 6.49. The summed E-state index contributed by atoms with van der Waals surface area (Å²) in [5.41, 5.74) is 2.61. The first kappa shape index (κ1) is 22.3. The van der Waals surface area contributed by atoms with Crippen molar-refractivity contribution in [3.63, 3.8) is 0 Å². The number of rotatable bonds is 6.